The van der Waals surface area contributed by atoms with Crippen molar-refractivity contribution in [2.45, 2.75) is 258 Å². The predicted molar refractivity (Wildman–Crippen MR) is 238 cm³/mol. The van der Waals surface area contributed by atoms with Gasteiger partial charge in [-0.1, -0.05) is 224 Å². The highest BCUT2D eigenvalue weighted by Gasteiger charge is 2.16. The van der Waals surface area contributed by atoms with E-state index in [4.69, 9.17) is 9.47 Å². The van der Waals surface area contributed by atoms with Gasteiger partial charge in [-0.05, 0) is 51.4 Å². The van der Waals surface area contributed by atoms with Crippen LogP contribution >= 0.6 is 0 Å². The van der Waals surface area contributed by atoms with Crippen LogP contribution in [0.4, 0.5) is 0 Å². The second-order valence-corrected chi connectivity index (χ2v) is 16.2. The highest BCUT2D eigenvalue weighted by Crippen LogP contribution is 2.16. The minimum atomic E-state index is -0.773. The van der Waals surface area contributed by atoms with E-state index < -0.39 is 6.10 Å². The minimum Gasteiger partial charge on any atom is -0.462 e. The average molecular weight is 773 g/mol. The third kappa shape index (κ3) is 44.7. The zero-order valence-corrected chi connectivity index (χ0v) is 36.7. The molecule has 0 saturated carbocycles. The molecule has 5 heteroatoms. The highest BCUT2D eigenvalue weighted by atomic mass is 16.6. The summed E-state index contributed by atoms with van der Waals surface area (Å²) in [6.07, 6.45) is 57.9. The van der Waals surface area contributed by atoms with Crippen LogP contribution in [-0.2, 0) is 19.1 Å². The standard InChI is InChI=1S/C50H92O5/c1-3-5-7-9-11-13-15-17-19-21-23-24-25-26-27-29-31-33-35-37-39-41-43-45-50(53)55-48(46-51)47-54-49(52)44-42-40-38-36-34-32-30-28-22-20-18-16-14-12-10-8-6-4-2/h15,17,21,23,25-26,48,51H,3-14,16,18-20,22,24,27-47H2,1-2H3/b17-15-,23-21-,26-25-. The van der Waals surface area contributed by atoms with Crippen LogP contribution in [0.25, 0.3) is 0 Å². The smallest absolute Gasteiger partial charge is 0.306 e. The summed E-state index contributed by atoms with van der Waals surface area (Å²) in [6.45, 7) is 4.15. The van der Waals surface area contributed by atoms with Gasteiger partial charge < -0.3 is 14.6 Å². The molecule has 0 spiro atoms. The number of allylic oxidation sites excluding steroid dienone is 6. The van der Waals surface area contributed by atoms with Gasteiger partial charge in [0.25, 0.3) is 0 Å². The van der Waals surface area contributed by atoms with Gasteiger partial charge in [-0.3, -0.25) is 9.59 Å². The van der Waals surface area contributed by atoms with E-state index in [2.05, 4.69) is 50.3 Å². The van der Waals surface area contributed by atoms with Crippen LogP contribution in [0.3, 0.4) is 0 Å². The molecule has 1 N–H and O–H groups in total. The number of carbonyl (C=O) groups excluding carboxylic acids is 2. The van der Waals surface area contributed by atoms with Gasteiger partial charge in [0.1, 0.15) is 6.61 Å². The summed E-state index contributed by atoms with van der Waals surface area (Å²) in [6, 6.07) is 0. The van der Waals surface area contributed by atoms with Gasteiger partial charge in [-0.25, -0.2) is 0 Å². The van der Waals surface area contributed by atoms with Crippen LogP contribution in [0.1, 0.15) is 251 Å². The zero-order chi connectivity index (χ0) is 40.0. The predicted octanol–water partition coefficient (Wildman–Crippen LogP) is 15.6. The molecule has 0 bridgehead atoms. The van der Waals surface area contributed by atoms with Gasteiger partial charge in [0.15, 0.2) is 6.10 Å². The maximum Gasteiger partial charge on any atom is 0.306 e. The Morgan fingerprint density at radius 3 is 1.09 bits per heavy atom. The van der Waals surface area contributed by atoms with Crippen LogP contribution in [0.5, 0.6) is 0 Å². The Morgan fingerprint density at radius 1 is 0.418 bits per heavy atom. The highest BCUT2D eigenvalue weighted by molar-refractivity contribution is 5.70. The lowest BCUT2D eigenvalue weighted by atomic mass is 10.0. The van der Waals surface area contributed by atoms with Crippen LogP contribution in [0.2, 0.25) is 0 Å². The number of hydrogen-bond acceptors (Lipinski definition) is 5. The van der Waals surface area contributed by atoms with Gasteiger partial charge in [0.05, 0.1) is 6.61 Å². The largest absolute Gasteiger partial charge is 0.462 e. The van der Waals surface area contributed by atoms with Crippen molar-refractivity contribution in [2.24, 2.45) is 0 Å². The van der Waals surface area contributed by atoms with Crippen LogP contribution in [-0.4, -0.2) is 36.4 Å². The molecule has 0 heterocycles. The molecule has 0 aromatic carbocycles. The second-order valence-electron chi connectivity index (χ2n) is 16.2. The van der Waals surface area contributed by atoms with Crippen molar-refractivity contribution in [2.75, 3.05) is 13.2 Å². The van der Waals surface area contributed by atoms with E-state index in [-0.39, 0.29) is 25.2 Å². The van der Waals surface area contributed by atoms with Gasteiger partial charge in [-0.2, -0.15) is 0 Å². The molecule has 0 radical (unpaired) electrons. The fraction of sp³-hybridized carbons (Fsp3) is 0.840. The van der Waals surface area contributed by atoms with Crippen LogP contribution in [0.15, 0.2) is 36.5 Å². The van der Waals surface area contributed by atoms with E-state index in [9.17, 15) is 14.7 Å². The summed E-state index contributed by atoms with van der Waals surface area (Å²) in [5, 5.41) is 9.61. The first kappa shape index (κ1) is 53.1. The Balaban J connectivity index is 3.51. The molecule has 0 aromatic heterocycles. The van der Waals surface area contributed by atoms with E-state index in [0.717, 1.165) is 51.4 Å². The summed E-state index contributed by atoms with van der Waals surface area (Å²) in [4.78, 5) is 24.4. The molecule has 1 atom stereocenters. The third-order valence-electron chi connectivity index (χ3n) is 10.7. The number of esters is 2. The Morgan fingerprint density at radius 2 is 0.727 bits per heavy atom. The summed E-state index contributed by atoms with van der Waals surface area (Å²) in [7, 11) is 0. The summed E-state index contributed by atoms with van der Waals surface area (Å²) in [5.74, 6) is -0.588. The van der Waals surface area contributed by atoms with Crippen LogP contribution < -0.4 is 0 Å². The lowest BCUT2D eigenvalue weighted by molar-refractivity contribution is -0.161. The topological polar surface area (TPSA) is 72.8 Å². The van der Waals surface area contributed by atoms with Gasteiger partial charge in [0.2, 0.25) is 0 Å². The number of aliphatic hydroxyl groups is 1. The molecule has 0 rings (SSSR count). The maximum absolute atomic E-state index is 12.2. The van der Waals surface area contributed by atoms with E-state index in [1.54, 1.807) is 0 Å². The Kier molecular flexibility index (Phi) is 44.9. The monoisotopic (exact) mass is 773 g/mol. The van der Waals surface area contributed by atoms with Gasteiger partial charge in [-0.15, -0.1) is 0 Å². The molecule has 0 aromatic rings. The number of ether oxygens (including phenoxy) is 2. The number of carbonyl (C=O) groups is 2. The van der Waals surface area contributed by atoms with Crippen molar-refractivity contribution in [3.63, 3.8) is 0 Å². The molecule has 5 nitrogen and oxygen atoms in total. The minimum absolute atomic E-state index is 0.0653. The fourth-order valence-electron chi connectivity index (χ4n) is 7.03. The number of hydrogen-bond donors (Lipinski definition) is 1. The maximum atomic E-state index is 12.2. The Labute approximate surface area is 342 Å². The van der Waals surface area contributed by atoms with Crippen molar-refractivity contribution < 1.29 is 24.2 Å². The quantitative estimate of drug-likeness (QED) is 0.0379. The Hall–Kier alpha value is -1.88. The molecule has 0 aliphatic rings. The van der Waals surface area contributed by atoms with Gasteiger partial charge >= 0.3 is 11.9 Å². The lowest BCUT2D eigenvalue weighted by Crippen LogP contribution is -2.28. The van der Waals surface area contributed by atoms with Crippen LogP contribution in [0, 0.1) is 0 Å². The SMILES string of the molecule is CCCCCCC/C=C\C/C=C\C/C=C\CCCCCCCCCCC(=O)OC(CO)COC(=O)CCCCCCCCCCCCCCCCCCCC. The molecule has 0 fully saturated rings. The third-order valence-corrected chi connectivity index (χ3v) is 10.7. The van der Waals surface area contributed by atoms with E-state index in [1.165, 1.54) is 173 Å². The summed E-state index contributed by atoms with van der Waals surface area (Å²) >= 11 is 0. The molecule has 0 aliphatic carbocycles. The van der Waals surface area contributed by atoms with Crippen molar-refractivity contribution in [3.8, 4) is 0 Å². The second kappa shape index (κ2) is 46.5. The molecule has 0 aliphatic heterocycles. The fourth-order valence-corrected chi connectivity index (χ4v) is 7.03. The molecular formula is C50H92O5. The first-order valence-electron chi connectivity index (χ1n) is 24.0. The van der Waals surface area contributed by atoms with Crippen molar-refractivity contribution in [1.29, 1.82) is 0 Å². The first-order valence-corrected chi connectivity index (χ1v) is 24.0. The molecule has 0 saturated heterocycles. The molecule has 0 amide bonds. The zero-order valence-electron chi connectivity index (χ0n) is 36.7. The number of aliphatic hydroxyl groups excluding tert-OH is 1. The van der Waals surface area contributed by atoms with E-state index in [1.807, 2.05) is 0 Å². The van der Waals surface area contributed by atoms with Crippen molar-refractivity contribution in [1.82, 2.24) is 0 Å². The first-order chi connectivity index (χ1) is 27.1. The molecule has 55 heavy (non-hydrogen) atoms. The number of unbranched alkanes of at least 4 members (excludes halogenated alkanes) is 30. The van der Waals surface area contributed by atoms with Crippen molar-refractivity contribution >= 4 is 11.9 Å². The lowest BCUT2D eigenvalue weighted by Gasteiger charge is -2.15. The molecule has 322 valence electrons. The normalized spacial score (nSPS) is 12.4. The average Bonchev–Trinajstić information content (AvgIpc) is 3.19. The van der Waals surface area contributed by atoms with Crippen molar-refractivity contribution in [3.05, 3.63) is 36.5 Å². The van der Waals surface area contributed by atoms with E-state index in [0.29, 0.717) is 12.8 Å². The van der Waals surface area contributed by atoms with E-state index >= 15 is 0 Å². The van der Waals surface area contributed by atoms with Gasteiger partial charge in [0, 0.05) is 12.8 Å². The summed E-state index contributed by atoms with van der Waals surface area (Å²) in [5.41, 5.74) is 0. The summed E-state index contributed by atoms with van der Waals surface area (Å²) < 4.78 is 10.7. The molecular weight excluding hydrogens is 681 g/mol. The number of rotatable bonds is 44. The Bertz CT molecular complexity index is 877. The molecule has 1 unspecified atom stereocenters.